The molecule has 2 rings (SSSR count). The number of carbonyl (C=O) groups excluding carboxylic acids is 1. The summed E-state index contributed by atoms with van der Waals surface area (Å²) in [6.07, 6.45) is -3.20. The van der Waals surface area contributed by atoms with Gasteiger partial charge in [-0.25, -0.2) is 4.79 Å². The monoisotopic (exact) mass is 273 g/mol. The summed E-state index contributed by atoms with van der Waals surface area (Å²) >= 11 is 0. The standard InChI is InChI=1S/C12H14F3N3O/c13-12(14,15)9-3-1-2-4-10(9)18-11(19)17-8-5-7(16)6-8/h1-4,7-8H,5-6,16H2,(H2,17,18,19). The zero-order valence-electron chi connectivity index (χ0n) is 10.00. The van der Waals surface area contributed by atoms with Crippen LogP contribution in [0.4, 0.5) is 23.7 Å². The number of anilines is 1. The molecule has 1 aromatic carbocycles. The number of alkyl halides is 3. The molecule has 0 unspecified atom stereocenters. The largest absolute Gasteiger partial charge is 0.418 e. The first kappa shape index (κ1) is 13.7. The van der Waals surface area contributed by atoms with Crippen molar-refractivity contribution in [3.05, 3.63) is 29.8 Å². The Balaban J connectivity index is 2.01. The van der Waals surface area contributed by atoms with Crippen molar-refractivity contribution in [1.82, 2.24) is 5.32 Å². The molecule has 1 aliphatic rings. The van der Waals surface area contributed by atoms with E-state index in [1.54, 1.807) is 0 Å². The maximum absolute atomic E-state index is 12.7. The van der Waals surface area contributed by atoms with Crippen molar-refractivity contribution in [2.75, 3.05) is 5.32 Å². The van der Waals surface area contributed by atoms with E-state index in [1.807, 2.05) is 0 Å². The molecule has 104 valence electrons. The Kier molecular flexibility index (Phi) is 3.66. The van der Waals surface area contributed by atoms with Crippen molar-refractivity contribution >= 4 is 11.7 Å². The highest BCUT2D eigenvalue weighted by molar-refractivity contribution is 5.90. The molecular formula is C12H14F3N3O. The summed E-state index contributed by atoms with van der Waals surface area (Å²) in [5.41, 5.74) is 4.44. The molecule has 0 aliphatic heterocycles. The zero-order chi connectivity index (χ0) is 14.0. The molecule has 1 aliphatic carbocycles. The van der Waals surface area contributed by atoms with Crippen molar-refractivity contribution in [1.29, 1.82) is 0 Å². The quantitative estimate of drug-likeness (QED) is 0.774. The molecule has 7 heteroatoms. The van der Waals surface area contributed by atoms with Crippen LogP contribution in [0.1, 0.15) is 18.4 Å². The number of hydrogen-bond donors (Lipinski definition) is 3. The molecule has 4 nitrogen and oxygen atoms in total. The molecule has 1 aromatic rings. The minimum atomic E-state index is -4.50. The van der Waals surface area contributed by atoms with Crippen LogP contribution in [0, 0.1) is 0 Å². The van der Waals surface area contributed by atoms with Crippen LogP contribution >= 0.6 is 0 Å². The second kappa shape index (κ2) is 5.08. The van der Waals surface area contributed by atoms with Gasteiger partial charge in [0.05, 0.1) is 11.3 Å². The number of urea groups is 1. The summed E-state index contributed by atoms with van der Waals surface area (Å²) in [6.45, 7) is 0. The van der Waals surface area contributed by atoms with E-state index in [1.165, 1.54) is 18.2 Å². The van der Waals surface area contributed by atoms with E-state index in [0.29, 0.717) is 12.8 Å². The number of rotatable bonds is 2. The van der Waals surface area contributed by atoms with Gasteiger partial charge in [0.2, 0.25) is 0 Å². The van der Waals surface area contributed by atoms with Crippen LogP contribution < -0.4 is 16.4 Å². The molecule has 19 heavy (non-hydrogen) atoms. The van der Waals surface area contributed by atoms with Gasteiger partial charge in [-0.15, -0.1) is 0 Å². The highest BCUT2D eigenvalue weighted by Crippen LogP contribution is 2.34. The SMILES string of the molecule is NC1CC(NC(=O)Nc2ccccc2C(F)(F)F)C1. The van der Waals surface area contributed by atoms with Crippen molar-refractivity contribution in [3.63, 3.8) is 0 Å². The van der Waals surface area contributed by atoms with Crippen LogP contribution in [0.3, 0.4) is 0 Å². The summed E-state index contributed by atoms with van der Waals surface area (Å²) in [5, 5.41) is 4.80. The van der Waals surface area contributed by atoms with Crippen LogP contribution in [0.2, 0.25) is 0 Å². The van der Waals surface area contributed by atoms with Crippen LogP contribution in [-0.4, -0.2) is 18.1 Å². The smallest absolute Gasteiger partial charge is 0.335 e. The predicted molar refractivity (Wildman–Crippen MR) is 64.6 cm³/mol. The molecular weight excluding hydrogens is 259 g/mol. The Morgan fingerprint density at radius 3 is 2.47 bits per heavy atom. The second-order valence-electron chi connectivity index (χ2n) is 4.57. The Bertz CT molecular complexity index is 470. The van der Waals surface area contributed by atoms with E-state index in [2.05, 4.69) is 10.6 Å². The van der Waals surface area contributed by atoms with E-state index < -0.39 is 17.8 Å². The fourth-order valence-electron chi connectivity index (χ4n) is 1.96. The minimum absolute atomic E-state index is 0.0620. The van der Waals surface area contributed by atoms with Crippen LogP contribution in [0.25, 0.3) is 0 Å². The van der Waals surface area contributed by atoms with Crippen LogP contribution in [0.15, 0.2) is 24.3 Å². The third-order valence-electron chi connectivity index (χ3n) is 2.99. The maximum atomic E-state index is 12.7. The molecule has 0 spiro atoms. The lowest BCUT2D eigenvalue weighted by Gasteiger charge is -2.32. The van der Waals surface area contributed by atoms with Gasteiger partial charge in [-0.1, -0.05) is 12.1 Å². The van der Waals surface area contributed by atoms with Gasteiger partial charge >= 0.3 is 12.2 Å². The zero-order valence-corrected chi connectivity index (χ0v) is 10.00. The Morgan fingerprint density at radius 1 is 1.26 bits per heavy atom. The van der Waals surface area contributed by atoms with E-state index >= 15 is 0 Å². The molecule has 0 bridgehead atoms. The predicted octanol–water partition coefficient (Wildman–Crippen LogP) is 2.32. The number of nitrogens with one attached hydrogen (secondary N) is 2. The van der Waals surface area contributed by atoms with Gasteiger partial charge in [-0.05, 0) is 25.0 Å². The third-order valence-corrected chi connectivity index (χ3v) is 2.99. The molecule has 0 heterocycles. The van der Waals surface area contributed by atoms with Crippen LogP contribution in [-0.2, 0) is 6.18 Å². The number of benzene rings is 1. The van der Waals surface area contributed by atoms with Gasteiger partial charge < -0.3 is 16.4 Å². The molecule has 0 saturated heterocycles. The third kappa shape index (κ3) is 3.37. The summed E-state index contributed by atoms with van der Waals surface area (Å²) in [5.74, 6) is 0. The molecule has 0 radical (unpaired) electrons. The van der Waals surface area contributed by atoms with Gasteiger partial charge in [-0.3, -0.25) is 0 Å². The van der Waals surface area contributed by atoms with E-state index in [0.717, 1.165) is 6.07 Å². The summed E-state index contributed by atoms with van der Waals surface area (Å²) in [4.78, 5) is 11.6. The fourth-order valence-corrected chi connectivity index (χ4v) is 1.96. The number of para-hydroxylation sites is 1. The average Bonchev–Trinajstić information content (AvgIpc) is 2.26. The van der Waals surface area contributed by atoms with Gasteiger partial charge in [0, 0.05) is 12.1 Å². The van der Waals surface area contributed by atoms with Gasteiger partial charge in [0.1, 0.15) is 0 Å². The number of amides is 2. The molecule has 0 aromatic heterocycles. The van der Waals surface area contributed by atoms with Crippen molar-refractivity contribution < 1.29 is 18.0 Å². The van der Waals surface area contributed by atoms with Crippen molar-refractivity contribution in [3.8, 4) is 0 Å². The summed E-state index contributed by atoms with van der Waals surface area (Å²) in [7, 11) is 0. The van der Waals surface area contributed by atoms with Crippen LogP contribution in [0.5, 0.6) is 0 Å². The number of carbonyl (C=O) groups is 1. The Morgan fingerprint density at radius 2 is 1.89 bits per heavy atom. The maximum Gasteiger partial charge on any atom is 0.418 e. The number of nitrogens with two attached hydrogens (primary N) is 1. The van der Waals surface area contributed by atoms with E-state index in [9.17, 15) is 18.0 Å². The second-order valence-corrected chi connectivity index (χ2v) is 4.57. The lowest BCUT2D eigenvalue weighted by molar-refractivity contribution is -0.136. The topological polar surface area (TPSA) is 67.1 Å². The van der Waals surface area contributed by atoms with Gasteiger partial charge in [0.25, 0.3) is 0 Å². The number of hydrogen-bond acceptors (Lipinski definition) is 2. The first-order valence-corrected chi connectivity index (χ1v) is 5.85. The molecule has 1 fully saturated rings. The average molecular weight is 273 g/mol. The van der Waals surface area contributed by atoms with Gasteiger partial charge in [0.15, 0.2) is 0 Å². The summed E-state index contributed by atoms with van der Waals surface area (Å²) in [6, 6.07) is 4.21. The molecule has 2 amide bonds. The lowest BCUT2D eigenvalue weighted by atomic mass is 9.88. The van der Waals surface area contributed by atoms with Gasteiger partial charge in [-0.2, -0.15) is 13.2 Å². The molecule has 0 atom stereocenters. The Hall–Kier alpha value is -1.76. The minimum Gasteiger partial charge on any atom is -0.335 e. The lowest BCUT2D eigenvalue weighted by Crippen LogP contribution is -2.51. The van der Waals surface area contributed by atoms with E-state index in [4.69, 9.17) is 5.73 Å². The Labute approximate surface area is 108 Å². The first-order chi connectivity index (χ1) is 8.86. The highest BCUT2D eigenvalue weighted by atomic mass is 19.4. The van der Waals surface area contributed by atoms with Crippen molar-refractivity contribution in [2.45, 2.75) is 31.1 Å². The van der Waals surface area contributed by atoms with E-state index in [-0.39, 0.29) is 17.8 Å². The first-order valence-electron chi connectivity index (χ1n) is 5.85. The normalized spacial score (nSPS) is 22.5. The highest BCUT2D eigenvalue weighted by Gasteiger charge is 2.34. The number of halogens is 3. The molecule has 1 saturated carbocycles. The summed E-state index contributed by atoms with van der Waals surface area (Å²) < 4.78 is 38.1. The van der Waals surface area contributed by atoms with Crippen molar-refractivity contribution in [2.24, 2.45) is 5.73 Å². The molecule has 4 N–H and O–H groups in total. The fraction of sp³-hybridized carbons (Fsp3) is 0.417.